The first-order valence-electron chi connectivity index (χ1n) is 5.93. The minimum Gasteiger partial charge on any atom is -0.481 e. The molecule has 0 radical (unpaired) electrons. The molecule has 0 aliphatic heterocycles. The zero-order valence-corrected chi connectivity index (χ0v) is 11.0. The van der Waals surface area contributed by atoms with E-state index in [0.29, 0.717) is 0 Å². The number of nitrogens with zero attached hydrogens (tertiary/aromatic N) is 3. The van der Waals surface area contributed by atoms with Gasteiger partial charge in [-0.25, -0.2) is 9.78 Å². The standard InChI is InChI=1S/C11H12N4O6/c1-14-9-8(10(20)13-11(14)21)15(4-7(18)19)5(12-9)2-3-6(16)17/h2-4H2,1H3,(H,16,17)(H,18,19)(H,13,20,21). The van der Waals surface area contributed by atoms with E-state index in [9.17, 15) is 19.2 Å². The molecule has 0 saturated carbocycles. The van der Waals surface area contributed by atoms with Gasteiger partial charge in [0.15, 0.2) is 11.2 Å². The SMILES string of the molecule is Cn1c(=O)[nH]c(=O)c2c1nc(CCC(=O)O)n2CC(=O)O. The van der Waals surface area contributed by atoms with Crippen LogP contribution in [0, 0.1) is 0 Å². The fraction of sp³-hybridized carbons (Fsp3) is 0.364. The first-order valence-corrected chi connectivity index (χ1v) is 5.93. The molecule has 0 amide bonds. The van der Waals surface area contributed by atoms with Crippen LogP contribution in [0.1, 0.15) is 12.2 Å². The van der Waals surface area contributed by atoms with Gasteiger partial charge in [-0.05, 0) is 0 Å². The van der Waals surface area contributed by atoms with E-state index in [1.807, 2.05) is 0 Å². The van der Waals surface area contributed by atoms with Crippen molar-refractivity contribution in [1.82, 2.24) is 19.1 Å². The van der Waals surface area contributed by atoms with E-state index in [1.54, 1.807) is 0 Å². The van der Waals surface area contributed by atoms with Crippen LogP contribution in [0.15, 0.2) is 9.59 Å². The summed E-state index contributed by atoms with van der Waals surface area (Å²) in [6, 6.07) is 0. The fourth-order valence-electron chi connectivity index (χ4n) is 1.99. The lowest BCUT2D eigenvalue weighted by atomic mass is 10.3. The van der Waals surface area contributed by atoms with E-state index in [4.69, 9.17) is 10.2 Å². The fourth-order valence-corrected chi connectivity index (χ4v) is 1.99. The normalized spacial score (nSPS) is 10.9. The Bertz CT molecular complexity index is 843. The molecule has 0 atom stereocenters. The number of hydrogen-bond acceptors (Lipinski definition) is 5. The molecule has 21 heavy (non-hydrogen) atoms. The van der Waals surface area contributed by atoms with Crippen LogP contribution in [0.4, 0.5) is 0 Å². The van der Waals surface area contributed by atoms with E-state index < -0.39 is 29.7 Å². The molecule has 0 bridgehead atoms. The Kier molecular flexibility index (Phi) is 3.61. The second-order valence-electron chi connectivity index (χ2n) is 4.39. The van der Waals surface area contributed by atoms with E-state index in [-0.39, 0.29) is 29.8 Å². The highest BCUT2D eigenvalue weighted by atomic mass is 16.4. The molecule has 0 spiro atoms. The quantitative estimate of drug-likeness (QED) is 0.609. The molecule has 0 aromatic carbocycles. The first kappa shape index (κ1) is 14.5. The summed E-state index contributed by atoms with van der Waals surface area (Å²) in [5, 5.41) is 17.6. The summed E-state index contributed by atoms with van der Waals surface area (Å²) in [6.07, 6.45) is -0.320. The number of carboxylic acids is 2. The van der Waals surface area contributed by atoms with Gasteiger partial charge in [0.05, 0.1) is 6.42 Å². The van der Waals surface area contributed by atoms with E-state index >= 15 is 0 Å². The molecule has 2 aromatic rings. The average Bonchev–Trinajstić information content (AvgIpc) is 2.72. The molecule has 0 fully saturated rings. The predicted octanol–water partition coefficient (Wildman–Crippen LogP) is -1.47. The van der Waals surface area contributed by atoms with E-state index in [1.165, 1.54) is 7.05 Å². The third-order valence-corrected chi connectivity index (χ3v) is 2.94. The molecule has 2 rings (SSSR count). The van der Waals surface area contributed by atoms with Gasteiger partial charge in [-0.15, -0.1) is 0 Å². The highest BCUT2D eigenvalue weighted by Crippen LogP contribution is 2.12. The molecule has 0 saturated heterocycles. The van der Waals surface area contributed by atoms with Gasteiger partial charge in [0.1, 0.15) is 12.4 Å². The molecule has 0 unspecified atom stereocenters. The van der Waals surface area contributed by atoms with Crippen LogP contribution in [-0.4, -0.2) is 41.3 Å². The number of aryl methyl sites for hydroxylation is 2. The monoisotopic (exact) mass is 296 g/mol. The maximum atomic E-state index is 11.9. The zero-order valence-electron chi connectivity index (χ0n) is 11.0. The van der Waals surface area contributed by atoms with Gasteiger partial charge in [-0.3, -0.25) is 23.9 Å². The van der Waals surface area contributed by atoms with Crippen molar-refractivity contribution < 1.29 is 19.8 Å². The van der Waals surface area contributed by atoms with Crippen LogP contribution in [0.5, 0.6) is 0 Å². The number of hydrogen-bond donors (Lipinski definition) is 3. The third-order valence-electron chi connectivity index (χ3n) is 2.94. The Balaban J connectivity index is 2.72. The number of aromatic amines is 1. The lowest BCUT2D eigenvalue weighted by Crippen LogP contribution is -2.29. The van der Waals surface area contributed by atoms with Crippen molar-refractivity contribution in [3.05, 3.63) is 26.7 Å². The minimum absolute atomic E-state index is 0.0189. The summed E-state index contributed by atoms with van der Waals surface area (Å²) in [4.78, 5) is 51.0. The Hall–Kier alpha value is -2.91. The summed E-state index contributed by atoms with van der Waals surface area (Å²) in [7, 11) is 1.37. The van der Waals surface area contributed by atoms with E-state index in [0.717, 1.165) is 9.13 Å². The lowest BCUT2D eigenvalue weighted by Gasteiger charge is -2.04. The number of fused-ring (bicyclic) bond motifs is 1. The van der Waals surface area contributed by atoms with Crippen LogP contribution in [0.3, 0.4) is 0 Å². The number of nitrogens with one attached hydrogen (secondary N) is 1. The van der Waals surface area contributed by atoms with Crippen LogP contribution < -0.4 is 11.2 Å². The second-order valence-corrected chi connectivity index (χ2v) is 4.39. The number of carboxylic acid groups (broad SMARTS) is 2. The Morgan fingerprint density at radius 1 is 1.24 bits per heavy atom. The van der Waals surface area contributed by atoms with Gasteiger partial charge >= 0.3 is 17.6 Å². The molecular weight excluding hydrogens is 284 g/mol. The molecule has 2 heterocycles. The summed E-state index contributed by atoms with van der Waals surface area (Å²) in [5.74, 6) is -2.16. The smallest absolute Gasteiger partial charge is 0.329 e. The number of imidazole rings is 1. The molecule has 3 N–H and O–H groups in total. The molecule has 0 aliphatic rings. The van der Waals surface area contributed by atoms with Crippen molar-refractivity contribution in [2.45, 2.75) is 19.4 Å². The van der Waals surface area contributed by atoms with Crippen molar-refractivity contribution in [2.24, 2.45) is 7.05 Å². The van der Waals surface area contributed by atoms with Crippen molar-refractivity contribution in [3.8, 4) is 0 Å². The number of rotatable bonds is 5. The Labute approximate surface area is 116 Å². The maximum absolute atomic E-state index is 11.9. The van der Waals surface area contributed by atoms with Gasteiger partial charge in [-0.1, -0.05) is 0 Å². The zero-order chi connectivity index (χ0) is 15.7. The van der Waals surface area contributed by atoms with Crippen LogP contribution in [0.2, 0.25) is 0 Å². The average molecular weight is 296 g/mol. The third kappa shape index (κ3) is 2.68. The van der Waals surface area contributed by atoms with Gasteiger partial charge in [-0.2, -0.15) is 0 Å². The molecule has 112 valence electrons. The topological polar surface area (TPSA) is 147 Å². The van der Waals surface area contributed by atoms with Crippen molar-refractivity contribution in [2.75, 3.05) is 0 Å². The Morgan fingerprint density at radius 2 is 1.90 bits per heavy atom. The number of aromatic nitrogens is 4. The molecule has 2 aromatic heterocycles. The highest BCUT2D eigenvalue weighted by Gasteiger charge is 2.19. The van der Waals surface area contributed by atoms with Crippen molar-refractivity contribution in [3.63, 3.8) is 0 Å². The minimum atomic E-state index is -1.21. The molecule has 10 heteroatoms. The van der Waals surface area contributed by atoms with Gasteiger partial charge in [0.25, 0.3) is 5.56 Å². The predicted molar refractivity (Wildman–Crippen MR) is 69.2 cm³/mol. The molecule has 10 nitrogen and oxygen atoms in total. The maximum Gasteiger partial charge on any atom is 0.329 e. The number of aliphatic carboxylic acids is 2. The van der Waals surface area contributed by atoms with Crippen LogP contribution >= 0.6 is 0 Å². The van der Waals surface area contributed by atoms with Crippen molar-refractivity contribution in [1.29, 1.82) is 0 Å². The van der Waals surface area contributed by atoms with Crippen LogP contribution in [0.25, 0.3) is 11.2 Å². The largest absolute Gasteiger partial charge is 0.481 e. The Morgan fingerprint density at radius 3 is 2.48 bits per heavy atom. The summed E-state index contributed by atoms with van der Waals surface area (Å²) >= 11 is 0. The van der Waals surface area contributed by atoms with Gasteiger partial charge in [0.2, 0.25) is 0 Å². The highest BCUT2D eigenvalue weighted by molar-refractivity contribution is 5.75. The van der Waals surface area contributed by atoms with Crippen LogP contribution in [-0.2, 0) is 29.6 Å². The molecule has 0 aliphatic carbocycles. The van der Waals surface area contributed by atoms with Gasteiger partial charge in [0, 0.05) is 13.5 Å². The molecular formula is C11H12N4O6. The van der Waals surface area contributed by atoms with Crippen molar-refractivity contribution >= 4 is 23.1 Å². The van der Waals surface area contributed by atoms with Gasteiger partial charge < -0.3 is 14.8 Å². The van der Waals surface area contributed by atoms with E-state index in [2.05, 4.69) is 9.97 Å². The summed E-state index contributed by atoms with van der Waals surface area (Å²) in [5.41, 5.74) is -1.49. The number of carbonyl (C=O) groups is 2. The summed E-state index contributed by atoms with van der Waals surface area (Å²) < 4.78 is 2.18. The number of H-pyrrole nitrogens is 1. The lowest BCUT2D eigenvalue weighted by molar-refractivity contribution is -0.138. The first-order chi connectivity index (χ1) is 9.81. The second kappa shape index (κ2) is 5.23. The summed E-state index contributed by atoms with van der Waals surface area (Å²) in [6.45, 7) is -0.549.